The summed E-state index contributed by atoms with van der Waals surface area (Å²) in [6, 6.07) is 2.17. The van der Waals surface area contributed by atoms with Crippen molar-refractivity contribution in [1.29, 1.82) is 5.26 Å². The van der Waals surface area contributed by atoms with E-state index in [9.17, 15) is 4.79 Å². The van der Waals surface area contributed by atoms with E-state index in [2.05, 4.69) is 19.9 Å². The van der Waals surface area contributed by atoms with Crippen LogP contribution in [0.2, 0.25) is 0 Å². The number of carbonyl (C=O) groups excluding carboxylic acids is 1. The van der Waals surface area contributed by atoms with Crippen LogP contribution in [0.25, 0.3) is 0 Å². The Morgan fingerprint density at radius 3 is 2.86 bits per heavy atom. The average Bonchev–Trinajstić information content (AvgIpc) is 2.15. The molecule has 1 unspecified atom stereocenters. The van der Waals surface area contributed by atoms with Crippen molar-refractivity contribution in [3.63, 3.8) is 0 Å². The lowest BCUT2D eigenvalue weighted by Crippen LogP contribution is -2.39. The fourth-order valence-corrected chi connectivity index (χ4v) is 1.64. The van der Waals surface area contributed by atoms with Crippen LogP contribution >= 0.6 is 0 Å². The van der Waals surface area contributed by atoms with Gasteiger partial charge in [0.05, 0.1) is 12.0 Å². The molecule has 1 atom stereocenters. The summed E-state index contributed by atoms with van der Waals surface area (Å²) in [5.74, 6) is 0.748. The van der Waals surface area contributed by atoms with Gasteiger partial charge in [0.15, 0.2) is 0 Å². The van der Waals surface area contributed by atoms with Crippen molar-refractivity contribution in [3.8, 4) is 6.07 Å². The molecule has 0 aromatic rings. The number of amides is 1. The highest BCUT2D eigenvalue weighted by atomic mass is 16.2. The summed E-state index contributed by atoms with van der Waals surface area (Å²) in [4.78, 5) is 13.4. The van der Waals surface area contributed by atoms with E-state index >= 15 is 0 Å². The number of nitriles is 1. The molecule has 1 fully saturated rings. The monoisotopic (exact) mass is 194 g/mol. The molecule has 0 spiro atoms. The Labute approximate surface area is 85.7 Å². The molecule has 1 aliphatic rings. The van der Waals surface area contributed by atoms with Crippen LogP contribution < -0.4 is 0 Å². The van der Waals surface area contributed by atoms with Crippen molar-refractivity contribution in [2.75, 3.05) is 13.1 Å². The van der Waals surface area contributed by atoms with Crippen LogP contribution in [-0.2, 0) is 4.79 Å². The van der Waals surface area contributed by atoms with Gasteiger partial charge in [-0.15, -0.1) is 0 Å². The minimum atomic E-state index is -0.0437. The van der Waals surface area contributed by atoms with Crippen molar-refractivity contribution in [3.05, 3.63) is 0 Å². The van der Waals surface area contributed by atoms with Gasteiger partial charge in [-0.05, 0) is 18.8 Å². The smallest absolute Gasteiger partial charge is 0.223 e. The molecule has 0 N–H and O–H groups in total. The predicted octanol–water partition coefficient (Wildman–Crippen LogP) is 1.79. The van der Waals surface area contributed by atoms with Gasteiger partial charge in [0.2, 0.25) is 5.91 Å². The average molecular weight is 194 g/mol. The second-order valence-electron chi connectivity index (χ2n) is 4.38. The van der Waals surface area contributed by atoms with Crippen LogP contribution in [0, 0.1) is 23.2 Å². The molecule has 14 heavy (non-hydrogen) atoms. The van der Waals surface area contributed by atoms with Crippen LogP contribution in [0.3, 0.4) is 0 Å². The van der Waals surface area contributed by atoms with Crippen LogP contribution in [0.1, 0.15) is 33.1 Å². The standard InChI is InChI=1S/C11H18N2O/c1-9(2)3-5-13-6-4-10(8-12)7-11(13)14/h9-10H,3-7H2,1-2H3. The third-order valence-corrected chi connectivity index (χ3v) is 2.68. The van der Waals surface area contributed by atoms with Crippen molar-refractivity contribution >= 4 is 5.91 Å². The first kappa shape index (κ1) is 11.0. The summed E-state index contributed by atoms with van der Waals surface area (Å²) in [6.45, 7) is 5.94. The Kier molecular flexibility index (Phi) is 3.94. The molecule has 78 valence electrons. The summed E-state index contributed by atoms with van der Waals surface area (Å²) in [6.07, 6.45) is 2.33. The molecule has 1 heterocycles. The molecule has 0 aromatic heterocycles. The lowest BCUT2D eigenvalue weighted by Gasteiger charge is -2.29. The minimum absolute atomic E-state index is 0.0437. The van der Waals surface area contributed by atoms with Crippen LogP contribution in [0.5, 0.6) is 0 Å². The summed E-state index contributed by atoms with van der Waals surface area (Å²) >= 11 is 0. The summed E-state index contributed by atoms with van der Waals surface area (Å²) in [7, 11) is 0. The molecular formula is C11H18N2O. The minimum Gasteiger partial charge on any atom is -0.343 e. The molecule has 0 radical (unpaired) electrons. The second-order valence-corrected chi connectivity index (χ2v) is 4.38. The number of nitrogens with zero attached hydrogens (tertiary/aromatic N) is 2. The molecule has 1 saturated heterocycles. The van der Waals surface area contributed by atoms with Crippen LogP contribution in [0.15, 0.2) is 0 Å². The second kappa shape index (κ2) is 4.99. The van der Waals surface area contributed by atoms with Gasteiger partial charge in [-0.1, -0.05) is 13.8 Å². The third-order valence-electron chi connectivity index (χ3n) is 2.68. The highest BCUT2D eigenvalue weighted by Crippen LogP contribution is 2.18. The Balaban J connectivity index is 2.35. The molecule has 1 amide bonds. The number of piperidine rings is 1. The number of hydrogen-bond donors (Lipinski definition) is 0. The van der Waals surface area contributed by atoms with E-state index in [0.29, 0.717) is 12.3 Å². The van der Waals surface area contributed by atoms with Gasteiger partial charge in [0.25, 0.3) is 0 Å². The maximum Gasteiger partial charge on any atom is 0.223 e. The number of rotatable bonds is 3. The first-order chi connectivity index (χ1) is 6.63. The fourth-order valence-electron chi connectivity index (χ4n) is 1.64. The topological polar surface area (TPSA) is 44.1 Å². The first-order valence-electron chi connectivity index (χ1n) is 5.31. The highest BCUT2D eigenvalue weighted by molar-refractivity contribution is 5.77. The zero-order valence-electron chi connectivity index (χ0n) is 8.99. The number of likely N-dealkylation sites (tertiary alicyclic amines) is 1. The predicted molar refractivity (Wildman–Crippen MR) is 54.4 cm³/mol. The SMILES string of the molecule is CC(C)CCN1CCC(C#N)CC1=O. The van der Waals surface area contributed by atoms with E-state index in [4.69, 9.17) is 5.26 Å². The molecule has 0 bridgehead atoms. The molecule has 0 saturated carbocycles. The summed E-state index contributed by atoms with van der Waals surface area (Å²) < 4.78 is 0. The quantitative estimate of drug-likeness (QED) is 0.687. The maximum absolute atomic E-state index is 11.6. The maximum atomic E-state index is 11.6. The third kappa shape index (κ3) is 3.02. The van der Waals surface area contributed by atoms with E-state index in [0.717, 1.165) is 25.9 Å². The van der Waals surface area contributed by atoms with E-state index in [1.807, 2.05) is 4.90 Å². The largest absolute Gasteiger partial charge is 0.343 e. The lowest BCUT2D eigenvalue weighted by molar-refractivity contribution is -0.134. The zero-order chi connectivity index (χ0) is 10.6. The fraction of sp³-hybridized carbons (Fsp3) is 0.818. The molecule has 0 aliphatic carbocycles. The molecular weight excluding hydrogens is 176 g/mol. The van der Waals surface area contributed by atoms with Gasteiger partial charge in [-0.3, -0.25) is 4.79 Å². The van der Waals surface area contributed by atoms with Gasteiger partial charge in [-0.2, -0.15) is 5.26 Å². The van der Waals surface area contributed by atoms with Gasteiger partial charge in [-0.25, -0.2) is 0 Å². The van der Waals surface area contributed by atoms with Crippen molar-refractivity contribution in [1.82, 2.24) is 4.90 Å². The van der Waals surface area contributed by atoms with E-state index in [1.54, 1.807) is 0 Å². The van der Waals surface area contributed by atoms with Crippen LogP contribution in [0.4, 0.5) is 0 Å². The summed E-state index contributed by atoms with van der Waals surface area (Å²) in [5.41, 5.74) is 0. The Bertz CT molecular complexity index is 242. The number of carbonyl (C=O) groups is 1. The number of hydrogen-bond acceptors (Lipinski definition) is 2. The molecule has 3 nitrogen and oxygen atoms in total. The Morgan fingerprint density at radius 1 is 1.64 bits per heavy atom. The van der Waals surface area contributed by atoms with E-state index < -0.39 is 0 Å². The van der Waals surface area contributed by atoms with Crippen molar-refractivity contribution in [2.24, 2.45) is 11.8 Å². The molecule has 1 rings (SSSR count). The van der Waals surface area contributed by atoms with Crippen molar-refractivity contribution < 1.29 is 4.79 Å². The molecule has 3 heteroatoms. The zero-order valence-corrected chi connectivity index (χ0v) is 8.99. The van der Waals surface area contributed by atoms with Gasteiger partial charge in [0.1, 0.15) is 0 Å². The molecule has 1 aliphatic heterocycles. The van der Waals surface area contributed by atoms with Crippen molar-refractivity contribution in [2.45, 2.75) is 33.1 Å². The van der Waals surface area contributed by atoms with Gasteiger partial charge < -0.3 is 4.90 Å². The van der Waals surface area contributed by atoms with Crippen LogP contribution in [-0.4, -0.2) is 23.9 Å². The van der Waals surface area contributed by atoms with E-state index in [1.165, 1.54) is 0 Å². The lowest BCUT2D eigenvalue weighted by atomic mass is 9.97. The van der Waals surface area contributed by atoms with E-state index in [-0.39, 0.29) is 11.8 Å². The van der Waals surface area contributed by atoms with Gasteiger partial charge in [0, 0.05) is 19.5 Å². The van der Waals surface area contributed by atoms with Gasteiger partial charge >= 0.3 is 0 Å². The normalized spacial score (nSPS) is 22.6. The Morgan fingerprint density at radius 2 is 2.36 bits per heavy atom. The molecule has 0 aromatic carbocycles. The summed E-state index contributed by atoms with van der Waals surface area (Å²) in [5, 5.41) is 8.69. The highest BCUT2D eigenvalue weighted by Gasteiger charge is 2.25. The first-order valence-corrected chi connectivity index (χ1v) is 5.31. The Hall–Kier alpha value is -1.04.